The Morgan fingerprint density at radius 3 is 2.14 bits per heavy atom. The fraction of sp³-hybridized carbons (Fsp3) is 0.917. The van der Waals surface area contributed by atoms with Crippen molar-refractivity contribution in [1.29, 1.82) is 0 Å². The summed E-state index contributed by atoms with van der Waals surface area (Å²) in [5, 5.41) is 0. The van der Waals surface area contributed by atoms with Gasteiger partial charge in [-0.1, -0.05) is 33.6 Å². The molecule has 0 aromatic heterocycles. The van der Waals surface area contributed by atoms with Gasteiger partial charge in [-0.15, -0.1) is 0 Å². The summed E-state index contributed by atoms with van der Waals surface area (Å²) in [5.74, 6) is 1.36. The molecule has 0 unspecified atom stereocenters. The van der Waals surface area contributed by atoms with Crippen molar-refractivity contribution < 1.29 is 9.53 Å². The van der Waals surface area contributed by atoms with Crippen molar-refractivity contribution >= 4 is 5.78 Å². The quantitative estimate of drug-likeness (QED) is 0.631. The molecule has 0 heterocycles. The normalized spacial score (nSPS) is 17.5. The smallest absolute Gasteiger partial charge is 0.132 e. The van der Waals surface area contributed by atoms with E-state index in [0.717, 1.165) is 12.8 Å². The molecule has 3 atom stereocenters. The van der Waals surface area contributed by atoms with Crippen LogP contribution < -0.4 is 0 Å². The molecule has 2 nitrogen and oxygen atoms in total. The van der Waals surface area contributed by atoms with E-state index in [0.29, 0.717) is 18.3 Å². The molecule has 0 aliphatic heterocycles. The topological polar surface area (TPSA) is 26.3 Å². The lowest BCUT2D eigenvalue weighted by Crippen LogP contribution is -2.29. The predicted molar refractivity (Wildman–Crippen MR) is 59.3 cm³/mol. The fourth-order valence-corrected chi connectivity index (χ4v) is 2.03. The van der Waals surface area contributed by atoms with Crippen LogP contribution >= 0.6 is 0 Å². The van der Waals surface area contributed by atoms with Gasteiger partial charge in [-0.3, -0.25) is 4.79 Å². The highest BCUT2D eigenvalue weighted by molar-refractivity contribution is 5.76. The molecule has 0 bridgehead atoms. The summed E-state index contributed by atoms with van der Waals surface area (Å²) in [4.78, 5) is 11.1. The number of carbonyl (C=O) groups excluding carboxylic acids is 1. The van der Waals surface area contributed by atoms with Crippen molar-refractivity contribution in [3.05, 3.63) is 0 Å². The van der Waals surface area contributed by atoms with E-state index in [9.17, 15) is 4.79 Å². The van der Waals surface area contributed by atoms with Crippen LogP contribution in [-0.4, -0.2) is 19.0 Å². The maximum atomic E-state index is 11.1. The highest BCUT2D eigenvalue weighted by Gasteiger charge is 2.25. The SMILES string of the molecule is CC[C@@H]([C@@H](C)CC)[C@@H](CC(C)=O)OC. The van der Waals surface area contributed by atoms with E-state index in [-0.39, 0.29) is 11.9 Å². The Morgan fingerprint density at radius 1 is 1.29 bits per heavy atom. The molecule has 0 saturated heterocycles. The molecule has 0 radical (unpaired) electrons. The Labute approximate surface area is 88.0 Å². The van der Waals surface area contributed by atoms with Gasteiger partial charge >= 0.3 is 0 Å². The summed E-state index contributed by atoms with van der Waals surface area (Å²) < 4.78 is 5.42. The summed E-state index contributed by atoms with van der Waals surface area (Å²) in [6.07, 6.45) is 2.89. The Morgan fingerprint density at radius 2 is 1.86 bits per heavy atom. The summed E-state index contributed by atoms with van der Waals surface area (Å²) in [6.45, 7) is 8.23. The van der Waals surface area contributed by atoms with Crippen LogP contribution in [0.1, 0.15) is 47.0 Å². The molecule has 0 saturated carbocycles. The molecule has 0 rings (SSSR count). The van der Waals surface area contributed by atoms with Gasteiger partial charge in [0.25, 0.3) is 0 Å². The third-order valence-electron chi connectivity index (χ3n) is 3.12. The molecular weight excluding hydrogens is 176 g/mol. The van der Waals surface area contributed by atoms with E-state index in [1.807, 2.05) is 0 Å². The zero-order valence-corrected chi connectivity index (χ0v) is 10.2. The molecule has 2 heteroatoms. The number of ether oxygens (including phenoxy) is 1. The summed E-state index contributed by atoms with van der Waals surface area (Å²) in [7, 11) is 1.71. The zero-order chi connectivity index (χ0) is 11.1. The molecule has 0 fully saturated rings. The number of carbonyl (C=O) groups is 1. The van der Waals surface area contributed by atoms with E-state index in [1.165, 1.54) is 0 Å². The first kappa shape index (κ1) is 13.6. The molecule has 0 aliphatic rings. The van der Waals surface area contributed by atoms with Crippen LogP contribution in [0.25, 0.3) is 0 Å². The van der Waals surface area contributed by atoms with Crippen LogP contribution in [0, 0.1) is 11.8 Å². The summed E-state index contributed by atoms with van der Waals surface area (Å²) >= 11 is 0. The first-order chi connectivity index (χ1) is 6.56. The second-order valence-electron chi connectivity index (χ2n) is 4.14. The minimum atomic E-state index is 0.104. The zero-order valence-electron chi connectivity index (χ0n) is 10.2. The van der Waals surface area contributed by atoms with Gasteiger partial charge in [0.15, 0.2) is 0 Å². The average molecular weight is 200 g/mol. The highest BCUT2D eigenvalue weighted by atomic mass is 16.5. The second kappa shape index (κ2) is 6.99. The lowest BCUT2D eigenvalue weighted by molar-refractivity contribution is -0.120. The fourth-order valence-electron chi connectivity index (χ4n) is 2.03. The van der Waals surface area contributed by atoms with Crippen molar-refractivity contribution in [3.63, 3.8) is 0 Å². The number of ketones is 1. The Bertz CT molecular complexity index is 166. The van der Waals surface area contributed by atoms with Gasteiger partial charge in [0, 0.05) is 13.5 Å². The van der Waals surface area contributed by atoms with Crippen molar-refractivity contribution in [2.75, 3.05) is 7.11 Å². The predicted octanol–water partition coefficient (Wildman–Crippen LogP) is 3.05. The molecule has 0 amide bonds. The summed E-state index contributed by atoms with van der Waals surface area (Å²) in [6, 6.07) is 0. The van der Waals surface area contributed by atoms with Crippen molar-refractivity contribution in [2.24, 2.45) is 11.8 Å². The lowest BCUT2D eigenvalue weighted by atomic mass is 9.83. The number of Topliss-reactive ketones (excluding diaryl/α,β-unsaturated/α-hetero) is 1. The minimum Gasteiger partial charge on any atom is -0.381 e. The van der Waals surface area contributed by atoms with Crippen molar-refractivity contribution in [3.8, 4) is 0 Å². The van der Waals surface area contributed by atoms with Crippen molar-refractivity contribution in [2.45, 2.75) is 53.1 Å². The first-order valence-electron chi connectivity index (χ1n) is 5.58. The first-order valence-corrected chi connectivity index (χ1v) is 5.58. The number of rotatable bonds is 7. The Balaban J connectivity index is 4.35. The van der Waals surface area contributed by atoms with Crippen LogP contribution in [0.5, 0.6) is 0 Å². The Kier molecular flexibility index (Phi) is 6.81. The van der Waals surface area contributed by atoms with Gasteiger partial charge < -0.3 is 4.74 Å². The molecule has 0 aliphatic carbocycles. The molecule has 0 N–H and O–H groups in total. The highest BCUT2D eigenvalue weighted by Crippen LogP contribution is 2.26. The van der Waals surface area contributed by atoms with Crippen LogP contribution in [-0.2, 0) is 9.53 Å². The molecule has 0 spiro atoms. The van der Waals surface area contributed by atoms with Crippen LogP contribution in [0.4, 0.5) is 0 Å². The van der Waals surface area contributed by atoms with E-state index in [4.69, 9.17) is 4.74 Å². The third-order valence-corrected chi connectivity index (χ3v) is 3.12. The second-order valence-corrected chi connectivity index (χ2v) is 4.14. The van der Waals surface area contributed by atoms with E-state index >= 15 is 0 Å². The number of hydrogen-bond acceptors (Lipinski definition) is 2. The number of hydrogen-bond donors (Lipinski definition) is 0. The minimum absolute atomic E-state index is 0.104. The Hall–Kier alpha value is -0.370. The van der Waals surface area contributed by atoms with Gasteiger partial charge in [-0.05, 0) is 18.8 Å². The van der Waals surface area contributed by atoms with Gasteiger partial charge in [-0.2, -0.15) is 0 Å². The van der Waals surface area contributed by atoms with E-state index in [2.05, 4.69) is 20.8 Å². The van der Waals surface area contributed by atoms with Gasteiger partial charge in [0.2, 0.25) is 0 Å². The van der Waals surface area contributed by atoms with Gasteiger partial charge in [0.1, 0.15) is 5.78 Å². The number of methoxy groups -OCH3 is 1. The average Bonchev–Trinajstić information content (AvgIpc) is 2.16. The maximum absolute atomic E-state index is 11.1. The van der Waals surface area contributed by atoms with Crippen LogP contribution in [0.3, 0.4) is 0 Å². The third kappa shape index (κ3) is 4.23. The molecule has 14 heavy (non-hydrogen) atoms. The van der Waals surface area contributed by atoms with Crippen molar-refractivity contribution in [1.82, 2.24) is 0 Å². The van der Waals surface area contributed by atoms with E-state index < -0.39 is 0 Å². The molecule has 0 aromatic rings. The van der Waals surface area contributed by atoms with Crippen LogP contribution in [0.2, 0.25) is 0 Å². The maximum Gasteiger partial charge on any atom is 0.132 e. The molecule has 84 valence electrons. The van der Waals surface area contributed by atoms with E-state index in [1.54, 1.807) is 14.0 Å². The monoisotopic (exact) mass is 200 g/mol. The van der Waals surface area contributed by atoms with Gasteiger partial charge in [-0.25, -0.2) is 0 Å². The van der Waals surface area contributed by atoms with Gasteiger partial charge in [0.05, 0.1) is 6.10 Å². The molecule has 0 aromatic carbocycles. The largest absolute Gasteiger partial charge is 0.381 e. The lowest BCUT2D eigenvalue weighted by Gasteiger charge is -2.29. The standard InChI is InChI=1S/C12H24O2/c1-6-9(3)11(7-2)12(14-5)8-10(4)13/h9,11-12H,6-8H2,1-5H3/t9-,11-,12+/m0/s1. The van der Waals surface area contributed by atoms with Crippen LogP contribution in [0.15, 0.2) is 0 Å². The summed E-state index contributed by atoms with van der Waals surface area (Å²) in [5.41, 5.74) is 0. The molecular formula is C12H24O2.